The van der Waals surface area contributed by atoms with Crippen molar-refractivity contribution < 1.29 is 0 Å². The van der Waals surface area contributed by atoms with Gasteiger partial charge in [-0.2, -0.15) is 0 Å². The van der Waals surface area contributed by atoms with E-state index in [1.54, 1.807) is 0 Å². The number of fused-ring (bicyclic) bond motifs is 5. The van der Waals surface area contributed by atoms with Gasteiger partial charge in [-0.1, -0.05) is 153 Å². The Hall–Kier alpha value is -6.90. The predicted octanol–water partition coefficient (Wildman–Crippen LogP) is 14.9. The van der Waals surface area contributed by atoms with Crippen molar-refractivity contribution >= 4 is 55.7 Å². The Morgan fingerprint density at radius 3 is 1.62 bits per heavy atom. The van der Waals surface area contributed by atoms with Crippen molar-refractivity contribution in [1.29, 1.82) is 0 Å². The third kappa shape index (κ3) is 5.57. The van der Waals surface area contributed by atoms with Gasteiger partial charge in [0.05, 0.1) is 5.69 Å². The van der Waals surface area contributed by atoms with E-state index in [4.69, 9.17) is 0 Å². The molecule has 2 heteroatoms. The van der Waals surface area contributed by atoms with E-state index in [0.29, 0.717) is 0 Å². The summed E-state index contributed by atoms with van der Waals surface area (Å²) in [4.78, 5) is 4.77. The normalized spacial score (nSPS) is 12.7. The third-order valence-electron chi connectivity index (χ3n) is 11.4. The lowest BCUT2D eigenvalue weighted by Gasteiger charge is -2.28. The highest BCUT2D eigenvalue weighted by Gasteiger charge is 2.35. The molecule has 0 aliphatic heterocycles. The zero-order valence-corrected chi connectivity index (χ0v) is 31.0. The van der Waals surface area contributed by atoms with Crippen LogP contribution in [0.1, 0.15) is 25.0 Å². The predicted molar refractivity (Wildman–Crippen MR) is 234 cm³/mol. The van der Waals surface area contributed by atoms with Gasteiger partial charge in [0.15, 0.2) is 0 Å². The molecule has 9 aromatic rings. The van der Waals surface area contributed by atoms with Crippen LogP contribution in [0.2, 0.25) is 0 Å². The first-order valence-electron chi connectivity index (χ1n) is 19.1. The molecule has 0 spiro atoms. The molecule has 0 heterocycles. The summed E-state index contributed by atoms with van der Waals surface area (Å²) in [6.45, 7) is 4.69. The molecule has 0 atom stereocenters. The second-order valence-electron chi connectivity index (χ2n) is 15.0. The summed E-state index contributed by atoms with van der Waals surface area (Å²) >= 11 is 0. The second-order valence-corrected chi connectivity index (χ2v) is 15.0. The first-order chi connectivity index (χ1) is 27.0. The van der Waals surface area contributed by atoms with Crippen LogP contribution in [-0.4, -0.2) is 0 Å². The van der Waals surface area contributed by atoms with Crippen molar-refractivity contribution in [1.82, 2.24) is 0 Å². The lowest BCUT2D eigenvalue weighted by molar-refractivity contribution is 0.660. The Bertz CT molecular complexity index is 2840. The molecule has 0 saturated heterocycles. The van der Waals surface area contributed by atoms with Crippen LogP contribution in [0.15, 0.2) is 206 Å². The van der Waals surface area contributed by atoms with Gasteiger partial charge in [0.2, 0.25) is 0 Å². The first kappa shape index (κ1) is 32.7. The Kier molecular flexibility index (Phi) is 7.85. The van der Waals surface area contributed by atoms with E-state index >= 15 is 0 Å². The van der Waals surface area contributed by atoms with Gasteiger partial charge < -0.3 is 9.80 Å². The number of para-hydroxylation sites is 2. The molecule has 1 aliphatic rings. The minimum Gasteiger partial charge on any atom is -0.310 e. The summed E-state index contributed by atoms with van der Waals surface area (Å²) in [5.74, 6) is 0. The SMILES string of the molecule is CC1(C)c2ccccc2-c2ccc(N(c3ccccc3)c3ccc(-c4ccc(N(c5ccccc5)c5ccc6ccccc6c5)c5ccccc45)cc3)cc21. The maximum Gasteiger partial charge on any atom is 0.0540 e. The summed E-state index contributed by atoms with van der Waals surface area (Å²) < 4.78 is 0. The average molecular weight is 705 g/mol. The van der Waals surface area contributed by atoms with Gasteiger partial charge in [-0.3, -0.25) is 0 Å². The number of nitrogens with zero attached hydrogens (tertiary/aromatic N) is 2. The molecule has 0 bridgehead atoms. The smallest absolute Gasteiger partial charge is 0.0540 e. The van der Waals surface area contributed by atoms with Crippen LogP contribution < -0.4 is 9.80 Å². The molecule has 0 radical (unpaired) electrons. The van der Waals surface area contributed by atoms with Gasteiger partial charge in [0.25, 0.3) is 0 Å². The third-order valence-corrected chi connectivity index (χ3v) is 11.4. The monoisotopic (exact) mass is 704 g/mol. The minimum atomic E-state index is -0.0776. The van der Waals surface area contributed by atoms with Gasteiger partial charge >= 0.3 is 0 Å². The van der Waals surface area contributed by atoms with Gasteiger partial charge in [0.1, 0.15) is 0 Å². The van der Waals surface area contributed by atoms with Crippen molar-refractivity contribution in [3.63, 3.8) is 0 Å². The highest BCUT2D eigenvalue weighted by molar-refractivity contribution is 6.06. The van der Waals surface area contributed by atoms with Crippen molar-refractivity contribution in [2.45, 2.75) is 19.3 Å². The van der Waals surface area contributed by atoms with Crippen LogP contribution in [0.4, 0.5) is 34.1 Å². The van der Waals surface area contributed by atoms with E-state index in [2.05, 4.69) is 230 Å². The zero-order chi connectivity index (χ0) is 36.9. The lowest BCUT2D eigenvalue weighted by atomic mass is 9.82. The summed E-state index contributed by atoms with van der Waals surface area (Å²) in [5.41, 5.74) is 14.5. The van der Waals surface area contributed by atoms with Gasteiger partial charge in [0, 0.05) is 39.2 Å². The van der Waals surface area contributed by atoms with Crippen molar-refractivity contribution in [3.8, 4) is 22.3 Å². The highest BCUT2D eigenvalue weighted by Crippen LogP contribution is 2.51. The molecule has 55 heavy (non-hydrogen) atoms. The Labute approximate surface area is 323 Å². The Morgan fingerprint density at radius 1 is 0.327 bits per heavy atom. The number of hydrogen-bond acceptors (Lipinski definition) is 2. The van der Waals surface area contributed by atoms with Gasteiger partial charge in [-0.15, -0.1) is 0 Å². The highest BCUT2D eigenvalue weighted by atomic mass is 15.1. The number of anilines is 6. The van der Waals surface area contributed by atoms with E-state index in [9.17, 15) is 0 Å². The first-order valence-corrected chi connectivity index (χ1v) is 19.1. The second kappa shape index (κ2) is 13.2. The summed E-state index contributed by atoms with van der Waals surface area (Å²) in [7, 11) is 0. The average Bonchev–Trinajstić information content (AvgIpc) is 3.47. The molecule has 2 nitrogen and oxygen atoms in total. The van der Waals surface area contributed by atoms with Crippen LogP contribution in [0.3, 0.4) is 0 Å². The van der Waals surface area contributed by atoms with E-state index in [0.717, 1.165) is 34.1 Å². The quantitative estimate of drug-likeness (QED) is 0.163. The molecule has 262 valence electrons. The fraction of sp³-hybridized carbons (Fsp3) is 0.0566. The van der Waals surface area contributed by atoms with Crippen LogP contribution in [-0.2, 0) is 5.41 Å². The van der Waals surface area contributed by atoms with Crippen molar-refractivity contribution in [2.24, 2.45) is 0 Å². The Balaban J connectivity index is 1.06. The van der Waals surface area contributed by atoms with Crippen molar-refractivity contribution in [3.05, 3.63) is 217 Å². The number of hydrogen-bond donors (Lipinski definition) is 0. The molecule has 0 amide bonds. The van der Waals surface area contributed by atoms with Gasteiger partial charge in [-0.05, 0) is 116 Å². The molecular weight excluding hydrogens is 665 g/mol. The number of benzene rings is 9. The lowest BCUT2D eigenvalue weighted by Crippen LogP contribution is -2.16. The van der Waals surface area contributed by atoms with Crippen LogP contribution in [0.5, 0.6) is 0 Å². The van der Waals surface area contributed by atoms with E-state index in [-0.39, 0.29) is 5.41 Å². The van der Waals surface area contributed by atoms with Gasteiger partial charge in [-0.25, -0.2) is 0 Å². The topological polar surface area (TPSA) is 6.48 Å². The molecule has 9 aromatic carbocycles. The molecule has 0 N–H and O–H groups in total. The molecule has 1 aliphatic carbocycles. The molecule has 10 rings (SSSR count). The van der Waals surface area contributed by atoms with Crippen molar-refractivity contribution in [2.75, 3.05) is 9.80 Å². The van der Waals surface area contributed by atoms with Crippen LogP contribution >= 0.6 is 0 Å². The number of rotatable bonds is 7. The van der Waals surface area contributed by atoms with E-state index in [1.807, 2.05) is 0 Å². The van der Waals surface area contributed by atoms with Crippen LogP contribution in [0.25, 0.3) is 43.8 Å². The maximum absolute atomic E-state index is 2.40. The summed E-state index contributed by atoms with van der Waals surface area (Å²) in [5, 5.41) is 4.88. The standard InChI is InChI=1S/C53H40N2/c1-53(2)50-24-14-13-22-47(50)48-32-31-44(36-51(48)53)54(40-17-5-3-6-18-40)42-28-26-38(27-29-42)45-33-34-52(49-23-12-11-21-46(45)49)55(41-19-7-4-8-20-41)43-30-25-37-15-9-10-16-39(37)35-43/h3-36H,1-2H3. The fourth-order valence-corrected chi connectivity index (χ4v) is 8.70. The summed E-state index contributed by atoms with van der Waals surface area (Å²) in [6, 6.07) is 75.0. The summed E-state index contributed by atoms with van der Waals surface area (Å²) in [6.07, 6.45) is 0. The fourth-order valence-electron chi connectivity index (χ4n) is 8.70. The Morgan fingerprint density at radius 2 is 0.855 bits per heavy atom. The maximum atomic E-state index is 2.40. The molecule has 0 unspecified atom stereocenters. The van der Waals surface area contributed by atoms with E-state index in [1.165, 1.54) is 54.9 Å². The molecular formula is C53H40N2. The molecule has 0 aromatic heterocycles. The van der Waals surface area contributed by atoms with E-state index < -0.39 is 0 Å². The molecule has 0 fully saturated rings. The zero-order valence-electron chi connectivity index (χ0n) is 31.0. The molecule has 0 saturated carbocycles. The minimum absolute atomic E-state index is 0.0776. The van der Waals surface area contributed by atoms with Crippen LogP contribution in [0, 0.1) is 0 Å². The largest absolute Gasteiger partial charge is 0.310 e.